The largest absolute Gasteiger partial charge is 0.126 e. The Balaban J connectivity index is 3.77. The van der Waals surface area contributed by atoms with E-state index >= 15 is 0 Å². The molecule has 26 heavy (non-hydrogen) atoms. The minimum Gasteiger partial charge on any atom is -0.126 e. The number of unbranched alkanes of at least 4 members (excludes halogenated alkanes) is 7. The average molecular weight is 489 g/mol. The molecule has 0 saturated heterocycles. The molecule has 0 rings (SSSR count). The van der Waals surface area contributed by atoms with Gasteiger partial charge in [-0.2, -0.15) is 0 Å². The molecule has 2 atom stereocenters. The summed E-state index contributed by atoms with van der Waals surface area (Å²) in [5.74, 6) is 2.14. The predicted molar refractivity (Wildman–Crippen MR) is 125 cm³/mol. The quantitative estimate of drug-likeness (QED) is 0.141. The van der Waals surface area contributed by atoms with Crippen LogP contribution in [0.4, 0.5) is 0 Å². The average Bonchev–Trinajstić information content (AvgIpc) is 2.63. The van der Waals surface area contributed by atoms with Gasteiger partial charge < -0.3 is 0 Å². The maximum absolute atomic E-state index is 6.29. The summed E-state index contributed by atoms with van der Waals surface area (Å²) in [6, 6.07) is 0. The fourth-order valence-electron chi connectivity index (χ4n) is 3.18. The summed E-state index contributed by atoms with van der Waals surface area (Å²) in [6.45, 7) is 4.00. The third kappa shape index (κ3) is 9.49. The fraction of sp³-hybridized carbons (Fsp3) is 1.00. The summed E-state index contributed by atoms with van der Waals surface area (Å²) in [6.07, 6.45) is 11.9. The third-order valence-corrected chi connectivity index (χ3v) is 8.91. The number of halogens is 6. The van der Waals surface area contributed by atoms with Crippen molar-refractivity contribution in [3.05, 3.63) is 0 Å². The number of hydrogen-bond acceptors (Lipinski definition) is 0. The summed E-state index contributed by atoms with van der Waals surface area (Å²) in [4.78, 5) is 0. The first-order chi connectivity index (χ1) is 12.3. The maximum Gasteiger partial charge on any atom is 0.0387 e. The zero-order valence-corrected chi connectivity index (χ0v) is 20.9. The van der Waals surface area contributed by atoms with E-state index in [0.29, 0.717) is 23.5 Å². The second kappa shape index (κ2) is 15.6. The molecule has 0 bridgehead atoms. The van der Waals surface area contributed by atoms with Gasteiger partial charge in [-0.3, -0.25) is 0 Å². The smallest absolute Gasteiger partial charge is 0.0387 e. The molecule has 0 aliphatic rings. The van der Waals surface area contributed by atoms with Gasteiger partial charge in [-0.15, -0.1) is 69.6 Å². The van der Waals surface area contributed by atoms with E-state index in [4.69, 9.17) is 69.6 Å². The first kappa shape index (κ1) is 27.7. The molecule has 0 aromatic heterocycles. The second-order valence-corrected chi connectivity index (χ2v) is 10.2. The molecule has 0 saturated carbocycles. The zero-order chi connectivity index (χ0) is 20.1. The van der Waals surface area contributed by atoms with Gasteiger partial charge in [0.15, 0.2) is 0 Å². The summed E-state index contributed by atoms with van der Waals surface area (Å²) in [5.41, 5.74) is -0.247. The molecule has 2 unspecified atom stereocenters. The molecule has 0 nitrogen and oxygen atoms in total. The first-order valence-corrected chi connectivity index (χ1v) is 12.9. The molecular formula is C20H36Cl6. The summed E-state index contributed by atoms with van der Waals surface area (Å²) >= 11 is 37.0. The van der Waals surface area contributed by atoms with E-state index in [0.717, 1.165) is 25.7 Å². The van der Waals surface area contributed by atoms with Gasteiger partial charge in [0.1, 0.15) is 0 Å². The van der Waals surface area contributed by atoms with Crippen molar-refractivity contribution in [3.8, 4) is 0 Å². The molecule has 0 aliphatic carbocycles. The van der Waals surface area contributed by atoms with E-state index < -0.39 is 0 Å². The van der Waals surface area contributed by atoms with Crippen LogP contribution in [0.1, 0.15) is 78.1 Å². The van der Waals surface area contributed by atoms with E-state index in [1.807, 2.05) is 13.8 Å². The Labute approximate surface area is 191 Å². The van der Waals surface area contributed by atoms with Gasteiger partial charge in [0.2, 0.25) is 0 Å². The van der Waals surface area contributed by atoms with Gasteiger partial charge in [-0.1, -0.05) is 51.4 Å². The molecule has 0 spiro atoms. The van der Waals surface area contributed by atoms with Gasteiger partial charge in [0.05, 0.1) is 0 Å². The van der Waals surface area contributed by atoms with Crippen LogP contribution < -0.4 is 0 Å². The zero-order valence-electron chi connectivity index (χ0n) is 16.3. The van der Waals surface area contributed by atoms with Crippen molar-refractivity contribution in [2.75, 3.05) is 23.5 Å². The van der Waals surface area contributed by atoms with Crippen LogP contribution in [0.2, 0.25) is 0 Å². The van der Waals surface area contributed by atoms with E-state index in [1.54, 1.807) is 0 Å². The lowest BCUT2D eigenvalue weighted by atomic mass is 9.83. The summed E-state index contributed by atoms with van der Waals surface area (Å²) in [5, 5.41) is 0.0302. The van der Waals surface area contributed by atoms with Crippen LogP contribution in [-0.2, 0) is 0 Å². The van der Waals surface area contributed by atoms with Crippen LogP contribution in [0.5, 0.6) is 0 Å². The van der Waals surface area contributed by atoms with E-state index in [1.165, 1.54) is 38.5 Å². The van der Waals surface area contributed by atoms with Crippen molar-refractivity contribution >= 4 is 69.6 Å². The van der Waals surface area contributed by atoms with Gasteiger partial charge in [-0.05, 0) is 26.7 Å². The van der Waals surface area contributed by atoms with Crippen LogP contribution in [0, 0.1) is 10.8 Å². The van der Waals surface area contributed by atoms with Gasteiger partial charge in [0, 0.05) is 45.1 Å². The van der Waals surface area contributed by atoms with Crippen molar-refractivity contribution < 1.29 is 0 Å². The van der Waals surface area contributed by atoms with Crippen LogP contribution in [0.15, 0.2) is 0 Å². The first-order valence-electron chi connectivity index (χ1n) is 9.86. The molecule has 6 heteroatoms. The van der Waals surface area contributed by atoms with Crippen molar-refractivity contribution in [1.82, 2.24) is 0 Å². The third-order valence-electron chi connectivity index (χ3n) is 5.85. The lowest BCUT2D eigenvalue weighted by Gasteiger charge is -2.32. The SMILES string of the molecule is CC(Cl)C(CCl)(CCl)CCCCCCCCCCC(CCl)(CCl)C(C)Cl. The Morgan fingerprint density at radius 2 is 0.731 bits per heavy atom. The van der Waals surface area contributed by atoms with Crippen molar-refractivity contribution in [2.45, 2.75) is 88.8 Å². The van der Waals surface area contributed by atoms with Crippen LogP contribution in [0.3, 0.4) is 0 Å². The molecule has 0 aliphatic heterocycles. The van der Waals surface area contributed by atoms with Gasteiger partial charge in [0.25, 0.3) is 0 Å². The van der Waals surface area contributed by atoms with E-state index in [-0.39, 0.29) is 21.6 Å². The summed E-state index contributed by atoms with van der Waals surface area (Å²) < 4.78 is 0. The maximum atomic E-state index is 6.29. The number of alkyl halides is 6. The van der Waals surface area contributed by atoms with Crippen molar-refractivity contribution in [2.24, 2.45) is 10.8 Å². The summed E-state index contributed by atoms with van der Waals surface area (Å²) in [7, 11) is 0. The highest BCUT2D eigenvalue weighted by molar-refractivity contribution is 6.26. The molecule has 158 valence electrons. The van der Waals surface area contributed by atoms with Crippen molar-refractivity contribution in [1.29, 1.82) is 0 Å². The highest BCUT2D eigenvalue weighted by Crippen LogP contribution is 2.36. The Morgan fingerprint density at radius 1 is 0.500 bits per heavy atom. The molecular weight excluding hydrogens is 453 g/mol. The highest BCUT2D eigenvalue weighted by atomic mass is 35.5. The Hall–Kier alpha value is 1.74. The van der Waals surface area contributed by atoms with Crippen LogP contribution in [0.25, 0.3) is 0 Å². The fourth-order valence-corrected chi connectivity index (χ4v) is 6.05. The number of hydrogen-bond donors (Lipinski definition) is 0. The van der Waals surface area contributed by atoms with Crippen molar-refractivity contribution in [3.63, 3.8) is 0 Å². The topological polar surface area (TPSA) is 0 Å². The normalized spacial score (nSPS) is 15.2. The Morgan fingerprint density at radius 3 is 0.923 bits per heavy atom. The highest BCUT2D eigenvalue weighted by Gasteiger charge is 2.33. The van der Waals surface area contributed by atoms with Gasteiger partial charge >= 0.3 is 0 Å². The molecule has 0 fully saturated rings. The second-order valence-electron chi connectivity index (χ2n) is 7.82. The lowest BCUT2D eigenvalue weighted by molar-refractivity contribution is 0.321. The lowest BCUT2D eigenvalue weighted by Crippen LogP contribution is -2.33. The van der Waals surface area contributed by atoms with E-state index in [9.17, 15) is 0 Å². The van der Waals surface area contributed by atoms with E-state index in [2.05, 4.69) is 0 Å². The van der Waals surface area contributed by atoms with Crippen LogP contribution in [-0.4, -0.2) is 34.3 Å². The van der Waals surface area contributed by atoms with Gasteiger partial charge in [-0.25, -0.2) is 0 Å². The predicted octanol–water partition coefficient (Wildman–Crippen LogP) is 9.07. The molecule has 0 radical (unpaired) electrons. The standard InChI is InChI=1S/C20H36Cl6/c1-17(25)19(13-21,14-22)11-9-7-5-3-4-6-8-10-12-20(15-23,16-24)18(2)26/h17-18H,3-16H2,1-2H3. The Bertz CT molecular complexity index is 292. The minimum absolute atomic E-state index is 0.0151. The van der Waals surface area contributed by atoms with Crippen LogP contribution >= 0.6 is 69.6 Å². The number of rotatable bonds is 17. The molecule has 0 aromatic rings. The Kier molecular flexibility index (Phi) is 16.6. The molecule has 0 aromatic carbocycles. The molecule has 0 amide bonds. The molecule has 0 heterocycles. The molecule has 0 N–H and O–H groups in total. The minimum atomic E-state index is -0.123. The monoisotopic (exact) mass is 486 g/mol.